The maximum Gasteiger partial charge on any atom is 0.0300 e. The summed E-state index contributed by atoms with van der Waals surface area (Å²) >= 11 is 0. The molecule has 0 aliphatic heterocycles. The molecule has 0 fully saturated rings. The van der Waals surface area contributed by atoms with Gasteiger partial charge in [0, 0.05) is 24.9 Å². The molecule has 1 aromatic rings. The van der Waals surface area contributed by atoms with Gasteiger partial charge in [-0.1, -0.05) is 6.07 Å². The molecule has 0 spiro atoms. The lowest BCUT2D eigenvalue weighted by atomic mass is 10.1. The number of hydrogen-bond donors (Lipinski definition) is 1. The van der Waals surface area contributed by atoms with E-state index in [-0.39, 0.29) is 6.04 Å². The summed E-state index contributed by atoms with van der Waals surface area (Å²) in [4.78, 5) is 4.03. The van der Waals surface area contributed by atoms with Gasteiger partial charge in [0.05, 0.1) is 0 Å². The highest BCUT2D eigenvalue weighted by Crippen LogP contribution is 2.01. The Bertz CT molecular complexity index is 295. The Morgan fingerprint density at radius 2 is 2.46 bits per heavy atom. The first-order chi connectivity index (χ1) is 6.33. The summed E-state index contributed by atoms with van der Waals surface area (Å²) in [5.74, 6) is 5.81. The molecular weight excluding hydrogens is 160 g/mol. The van der Waals surface area contributed by atoms with Crippen molar-refractivity contribution in [1.82, 2.24) is 4.98 Å². The summed E-state index contributed by atoms with van der Waals surface area (Å²) in [5.41, 5.74) is 7.04. The minimum Gasteiger partial charge on any atom is -0.327 e. The number of nitrogens with zero attached hydrogens (tertiary/aromatic N) is 1. The molecular formula is C11H14N2. The highest BCUT2D eigenvalue weighted by molar-refractivity contribution is 5.11. The molecule has 0 saturated carbocycles. The van der Waals surface area contributed by atoms with Crippen molar-refractivity contribution < 1.29 is 0 Å². The van der Waals surface area contributed by atoms with Crippen molar-refractivity contribution in [2.24, 2.45) is 5.73 Å². The number of aromatic nitrogens is 1. The van der Waals surface area contributed by atoms with Crippen molar-refractivity contribution in [2.75, 3.05) is 0 Å². The van der Waals surface area contributed by atoms with Gasteiger partial charge in [0.25, 0.3) is 0 Å². The van der Waals surface area contributed by atoms with Crippen LogP contribution in [0.15, 0.2) is 24.5 Å². The zero-order chi connectivity index (χ0) is 9.52. The van der Waals surface area contributed by atoms with Crippen LogP contribution in [0.4, 0.5) is 0 Å². The molecule has 1 atom stereocenters. The summed E-state index contributed by atoms with van der Waals surface area (Å²) in [5, 5.41) is 0. The summed E-state index contributed by atoms with van der Waals surface area (Å²) < 4.78 is 0. The van der Waals surface area contributed by atoms with Gasteiger partial charge < -0.3 is 5.73 Å². The van der Waals surface area contributed by atoms with Gasteiger partial charge >= 0.3 is 0 Å². The van der Waals surface area contributed by atoms with E-state index in [2.05, 4.69) is 16.8 Å². The average Bonchev–Trinajstić information content (AvgIpc) is 2.16. The van der Waals surface area contributed by atoms with Crippen molar-refractivity contribution in [2.45, 2.75) is 25.8 Å². The van der Waals surface area contributed by atoms with Gasteiger partial charge in [0.1, 0.15) is 0 Å². The van der Waals surface area contributed by atoms with Crippen molar-refractivity contribution in [3.05, 3.63) is 30.1 Å². The lowest BCUT2D eigenvalue weighted by Crippen LogP contribution is -2.21. The molecule has 0 bridgehead atoms. The third-order valence-electron chi connectivity index (χ3n) is 1.76. The average molecular weight is 174 g/mol. The lowest BCUT2D eigenvalue weighted by Gasteiger charge is -2.06. The SMILES string of the molecule is CC#CCC(N)Cc1cccnc1. The van der Waals surface area contributed by atoms with E-state index in [9.17, 15) is 0 Å². The Balaban J connectivity index is 2.44. The third kappa shape index (κ3) is 3.73. The van der Waals surface area contributed by atoms with E-state index in [0.717, 1.165) is 12.8 Å². The maximum atomic E-state index is 5.86. The summed E-state index contributed by atoms with van der Waals surface area (Å²) in [6.45, 7) is 1.83. The summed E-state index contributed by atoms with van der Waals surface area (Å²) in [7, 11) is 0. The van der Waals surface area contributed by atoms with Gasteiger partial charge in [-0.2, -0.15) is 0 Å². The minimum absolute atomic E-state index is 0.122. The fourth-order valence-corrected chi connectivity index (χ4v) is 1.13. The molecule has 0 radical (unpaired) electrons. The van der Waals surface area contributed by atoms with Gasteiger partial charge in [0.2, 0.25) is 0 Å². The zero-order valence-corrected chi connectivity index (χ0v) is 7.83. The molecule has 2 heteroatoms. The molecule has 1 rings (SSSR count). The molecule has 2 N–H and O–H groups in total. The zero-order valence-electron chi connectivity index (χ0n) is 7.83. The van der Waals surface area contributed by atoms with Gasteiger partial charge in [0.15, 0.2) is 0 Å². The maximum absolute atomic E-state index is 5.86. The molecule has 1 aromatic heterocycles. The summed E-state index contributed by atoms with van der Waals surface area (Å²) in [6.07, 6.45) is 5.22. The van der Waals surface area contributed by atoms with Crippen molar-refractivity contribution >= 4 is 0 Å². The van der Waals surface area contributed by atoms with Crippen LogP contribution in [0.25, 0.3) is 0 Å². The quantitative estimate of drug-likeness (QED) is 0.703. The molecule has 0 aromatic carbocycles. The van der Waals surface area contributed by atoms with Crippen LogP contribution in [0.3, 0.4) is 0 Å². The summed E-state index contributed by atoms with van der Waals surface area (Å²) in [6, 6.07) is 4.08. The Morgan fingerprint density at radius 1 is 1.62 bits per heavy atom. The highest BCUT2D eigenvalue weighted by Gasteiger charge is 2.01. The van der Waals surface area contributed by atoms with Crippen LogP contribution in [-0.4, -0.2) is 11.0 Å². The topological polar surface area (TPSA) is 38.9 Å². The van der Waals surface area contributed by atoms with Crippen molar-refractivity contribution in [1.29, 1.82) is 0 Å². The van der Waals surface area contributed by atoms with Gasteiger partial charge in [-0.15, -0.1) is 11.8 Å². The first-order valence-electron chi connectivity index (χ1n) is 4.37. The second kappa shape index (κ2) is 5.34. The molecule has 13 heavy (non-hydrogen) atoms. The molecule has 1 unspecified atom stereocenters. The van der Waals surface area contributed by atoms with Gasteiger partial charge in [-0.3, -0.25) is 4.98 Å². The molecule has 68 valence electrons. The minimum atomic E-state index is 0.122. The standard InChI is InChI=1S/C11H14N2/c1-2-3-6-11(12)8-10-5-4-7-13-9-10/h4-5,7,9,11H,6,8,12H2,1H3. The van der Waals surface area contributed by atoms with Crippen LogP contribution < -0.4 is 5.73 Å². The number of rotatable bonds is 3. The molecule has 0 aliphatic carbocycles. The smallest absolute Gasteiger partial charge is 0.0300 e. The van der Waals surface area contributed by atoms with E-state index in [1.54, 1.807) is 6.20 Å². The fraction of sp³-hybridized carbons (Fsp3) is 0.364. The molecule has 0 saturated heterocycles. The van der Waals surface area contributed by atoms with Crippen LogP contribution in [0, 0.1) is 11.8 Å². The van der Waals surface area contributed by atoms with Crippen LogP contribution >= 0.6 is 0 Å². The number of hydrogen-bond acceptors (Lipinski definition) is 2. The monoisotopic (exact) mass is 174 g/mol. The lowest BCUT2D eigenvalue weighted by molar-refractivity contribution is 0.687. The molecule has 2 nitrogen and oxygen atoms in total. The Labute approximate surface area is 79.2 Å². The second-order valence-corrected chi connectivity index (χ2v) is 2.96. The predicted molar refractivity (Wildman–Crippen MR) is 54.0 cm³/mol. The van der Waals surface area contributed by atoms with E-state index in [4.69, 9.17) is 5.73 Å². The van der Waals surface area contributed by atoms with Gasteiger partial charge in [-0.05, 0) is 25.0 Å². The highest BCUT2D eigenvalue weighted by atomic mass is 14.6. The number of pyridine rings is 1. The molecule has 1 heterocycles. The van der Waals surface area contributed by atoms with Crippen LogP contribution in [0.2, 0.25) is 0 Å². The Morgan fingerprint density at radius 3 is 3.08 bits per heavy atom. The van der Waals surface area contributed by atoms with Crippen molar-refractivity contribution in [3.63, 3.8) is 0 Å². The van der Waals surface area contributed by atoms with Crippen LogP contribution in [0.1, 0.15) is 18.9 Å². The molecule has 0 aliphatic rings. The third-order valence-corrected chi connectivity index (χ3v) is 1.76. The number of nitrogens with two attached hydrogens (primary N) is 1. The predicted octanol–water partition coefficient (Wildman–Crippen LogP) is 1.36. The van der Waals surface area contributed by atoms with Crippen molar-refractivity contribution in [3.8, 4) is 11.8 Å². The van der Waals surface area contributed by atoms with Gasteiger partial charge in [-0.25, -0.2) is 0 Å². The first-order valence-corrected chi connectivity index (χ1v) is 4.37. The fourth-order valence-electron chi connectivity index (χ4n) is 1.13. The van der Waals surface area contributed by atoms with E-state index in [1.165, 1.54) is 5.56 Å². The Kier molecular flexibility index (Phi) is 4.01. The molecule has 0 amide bonds. The van der Waals surface area contributed by atoms with E-state index in [1.807, 2.05) is 25.3 Å². The van der Waals surface area contributed by atoms with Crippen LogP contribution in [-0.2, 0) is 6.42 Å². The Hall–Kier alpha value is -1.33. The normalized spacial score (nSPS) is 11.5. The largest absolute Gasteiger partial charge is 0.327 e. The second-order valence-electron chi connectivity index (χ2n) is 2.96. The first kappa shape index (κ1) is 9.76. The van der Waals surface area contributed by atoms with Crippen LogP contribution in [0.5, 0.6) is 0 Å². The van der Waals surface area contributed by atoms with E-state index in [0.29, 0.717) is 0 Å². The van der Waals surface area contributed by atoms with E-state index >= 15 is 0 Å². The van der Waals surface area contributed by atoms with E-state index < -0.39 is 0 Å².